The van der Waals surface area contributed by atoms with Crippen LogP contribution in [0, 0.1) is 0 Å². The average molecular weight is 210 g/mol. The van der Waals surface area contributed by atoms with Crippen LogP contribution in [0.5, 0.6) is 0 Å². The number of hydrogen-bond donors (Lipinski definition) is 0. The summed E-state index contributed by atoms with van der Waals surface area (Å²) < 4.78 is 6.29. The fourth-order valence-electron chi connectivity index (χ4n) is 3.03. The van der Waals surface area contributed by atoms with Gasteiger partial charge in [0.1, 0.15) is 0 Å². The second-order valence-corrected chi connectivity index (χ2v) is 5.36. The Morgan fingerprint density at radius 2 is 0.800 bits per heavy atom. The van der Waals surface area contributed by atoms with E-state index >= 15 is 0 Å². The number of ether oxygens (including phenoxy) is 1. The molecule has 2 aliphatic rings. The van der Waals surface area contributed by atoms with Crippen molar-refractivity contribution in [2.45, 2.75) is 89.3 Å². The third kappa shape index (κ3) is 4.14. The van der Waals surface area contributed by atoms with Gasteiger partial charge in [0.25, 0.3) is 0 Å². The van der Waals surface area contributed by atoms with Gasteiger partial charge in [0.05, 0.1) is 12.2 Å². The lowest BCUT2D eigenvalue weighted by Crippen LogP contribution is -2.21. The quantitative estimate of drug-likeness (QED) is 0.612. The highest BCUT2D eigenvalue weighted by Gasteiger charge is 2.19. The van der Waals surface area contributed by atoms with Gasteiger partial charge in [-0.2, -0.15) is 0 Å². The van der Waals surface area contributed by atoms with E-state index in [4.69, 9.17) is 4.74 Å². The first-order valence-electron chi connectivity index (χ1n) is 7.10. The molecule has 0 heterocycles. The molecule has 1 heteroatoms. The molecule has 0 saturated heterocycles. The second-order valence-electron chi connectivity index (χ2n) is 5.36. The molecule has 2 rings (SSSR count). The van der Waals surface area contributed by atoms with Crippen LogP contribution < -0.4 is 0 Å². The molecule has 2 aliphatic carbocycles. The number of rotatable bonds is 2. The molecule has 0 aromatic carbocycles. The highest BCUT2D eigenvalue weighted by molar-refractivity contribution is 4.69. The summed E-state index contributed by atoms with van der Waals surface area (Å²) in [5, 5.41) is 0. The molecule has 2 saturated carbocycles. The Kier molecular flexibility index (Phi) is 4.98. The topological polar surface area (TPSA) is 9.23 Å². The summed E-state index contributed by atoms with van der Waals surface area (Å²) in [5.74, 6) is 0. The average Bonchev–Trinajstić information content (AvgIpc) is 2.63. The molecule has 0 aromatic rings. The van der Waals surface area contributed by atoms with Crippen molar-refractivity contribution in [3.05, 3.63) is 0 Å². The zero-order chi connectivity index (χ0) is 10.3. The molecule has 0 N–H and O–H groups in total. The van der Waals surface area contributed by atoms with Crippen molar-refractivity contribution >= 4 is 0 Å². The van der Waals surface area contributed by atoms with E-state index in [2.05, 4.69) is 0 Å². The molecule has 0 unspecified atom stereocenters. The van der Waals surface area contributed by atoms with Crippen molar-refractivity contribution in [1.29, 1.82) is 0 Å². The van der Waals surface area contributed by atoms with Crippen molar-refractivity contribution in [2.75, 3.05) is 0 Å². The van der Waals surface area contributed by atoms with E-state index in [0.717, 1.165) is 0 Å². The van der Waals surface area contributed by atoms with Crippen molar-refractivity contribution in [3.63, 3.8) is 0 Å². The summed E-state index contributed by atoms with van der Waals surface area (Å²) >= 11 is 0. The molecular formula is C14H26O. The minimum Gasteiger partial charge on any atom is -0.375 e. The lowest BCUT2D eigenvalue weighted by atomic mass is 10.1. The third-order valence-electron chi connectivity index (χ3n) is 3.99. The van der Waals surface area contributed by atoms with Crippen LogP contribution in [0.3, 0.4) is 0 Å². The first kappa shape index (κ1) is 11.4. The van der Waals surface area contributed by atoms with Crippen LogP contribution in [0.25, 0.3) is 0 Å². The molecule has 88 valence electrons. The van der Waals surface area contributed by atoms with E-state index in [1.807, 2.05) is 0 Å². The van der Waals surface area contributed by atoms with Crippen molar-refractivity contribution in [2.24, 2.45) is 0 Å². The lowest BCUT2D eigenvalue weighted by molar-refractivity contribution is -0.0259. The molecule has 2 fully saturated rings. The fraction of sp³-hybridized carbons (Fsp3) is 1.00. The normalized spacial score (nSPS) is 27.2. The molecule has 0 radical (unpaired) electrons. The Morgan fingerprint density at radius 1 is 0.467 bits per heavy atom. The molecule has 0 spiro atoms. The molecule has 0 bridgehead atoms. The zero-order valence-electron chi connectivity index (χ0n) is 10.0. The maximum atomic E-state index is 6.29. The van der Waals surface area contributed by atoms with Gasteiger partial charge < -0.3 is 4.74 Å². The summed E-state index contributed by atoms with van der Waals surface area (Å²) in [7, 11) is 0. The van der Waals surface area contributed by atoms with Crippen molar-refractivity contribution in [3.8, 4) is 0 Å². The smallest absolute Gasteiger partial charge is 0.0578 e. The number of hydrogen-bond acceptors (Lipinski definition) is 1. The Labute approximate surface area is 94.6 Å². The largest absolute Gasteiger partial charge is 0.375 e. The van der Waals surface area contributed by atoms with E-state index < -0.39 is 0 Å². The van der Waals surface area contributed by atoms with Crippen LogP contribution in [-0.2, 0) is 4.74 Å². The zero-order valence-corrected chi connectivity index (χ0v) is 10.0. The minimum atomic E-state index is 0.607. The van der Waals surface area contributed by atoms with E-state index in [0.29, 0.717) is 12.2 Å². The van der Waals surface area contributed by atoms with Crippen LogP contribution in [0.15, 0.2) is 0 Å². The van der Waals surface area contributed by atoms with Crippen molar-refractivity contribution in [1.82, 2.24) is 0 Å². The molecule has 15 heavy (non-hydrogen) atoms. The summed E-state index contributed by atoms with van der Waals surface area (Å²) in [6.07, 6.45) is 17.9. The molecule has 0 aromatic heterocycles. The Hall–Kier alpha value is -0.0400. The molecular weight excluding hydrogens is 184 g/mol. The van der Waals surface area contributed by atoms with Crippen molar-refractivity contribution < 1.29 is 4.74 Å². The molecule has 0 amide bonds. The van der Waals surface area contributed by atoms with E-state index in [1.54, 1.807) is 0 Å². The van der Waals surface area contributed by atoms with Gasteiger partial charge in [0, 0.05) is 0 Å². The lowest BCUT2D eigenvalue weighted by Gasteiger charge is -2.22. The Bertz CT molecular complexity index is 133. The summed E-state index contributed by atoms with van der Waals surface area (Å²) in [5.41, 5.74) is 0. The SMILES string of the molecule is C1CCCC(OC2CCCCCC2)CC1. The Balaban J connectivity index is 1.73. The van der Waals surface area contributed by atoms with Gasteiger partial charge in [0.15, 0.2) is 0 Å². The summed E-state index contributed by atoms with van der Waals surface area (Å²) in [6.45, 7) is 0. The predicted molar refractivity (Wildman–Crippen MR) is 64.1 cm³/mol. The minimum absolute atomic E-state index is 0.607. The fourth-order valence-corrected chi connectivity index (χ4v) is 3.03. The Morgan fingerprint density at radius 3 is 1.13 bits per heavy atom. The monoisotopic (exact) mass is 210 g/mol. The van der Waals surface area contributed by atoms with E-state index in [9.17, 15) is 0 Å². The first-order chi connectivity index (χ1) is 7.45. The summed E-state index contributed by atoms with van der Waals surface area (Å²) in [4.78, 5) is 0. The molecule has 0 aliphatic heterocycles. The van der Waals surface area contributed by atoms with E-state index in [1.165, 1.54) is 77.0 Å². The van der Waals surface area contributed by atoms with Gasteiger partial charge in [-0.15, -0.1) is 0 Å². The van der Waals surface area contributed by atoms with Crippen LogP contribution in [0.1, 0.15) is 77.0 Å². The van der Waals surface area contributed by atoms with Gasteiger partial charge in [-0.05, 0) is 25.7 Å². The second kappa shape index (κ2) is 6.52. The maximum absolute atomic E-state index is 6.29. The van der Waals surface area contributed by atoms with Gasteiger partial charge in [0.2, 0.25) is 0 Å². The standard InChI is InChI=1S/C14H26O/c1-2-6-10-13(9-5-1)15-14-11-7-3-4-8-12-14/h13-14H,1-12H2. The van der Waals surface area contributed by atoms with Crippen LogP contribution in [0.2, 0.25) is 0 Å². The van der Waals surface area contributed by atoms with Crippen LogP contribution in [-0.4, -0.2) is 12.2 Å². The van der Waals surface area contributed by atoms with Gasteiger partial charge in [-0.3, -0.25) is 0 Å². The van der Waals surface area contributed by atoms with Crippen LogP contribution in [0.4, 0.5) is 0 Å². The first-order valence-corrected chi connectivity index (χ1v) is 7.10. The van der Waals surface area contributed by atoms with Gasteiger partial charge in [-0.1, -0.05) is 51.4 Å². The molecule has 0 atom stereocenters. The third-order valence-corrected chi connectivity index (χ3v) is 3.99. The predicted octanol–water partition coefficient (Wildman–Crippen LogP) is 4.45. The molecule has 1 nitrogen and oxygen atoms in total. The van der Waals surface area contributed by atoms with Gasteiger partial charge >= 0.3 is 0 Å². The van der Waals surface area contributed by atoms with Gasteiger partial charge in [-0.25, -0.2) is 0 Å². The maximum Gasteiger partial charge on any atom is 0.0578 e. The highest BCUT2D eigenvalue weighted by Crippen LogP contribution is 2.26. The van der Waals surface area contributed by atoms with E-state index in [-0.39, 0.29) is 0 Å². The summed E-state index contributed by atoms with van der Waals surface area (Å²) in [6, 6.07) is 0. The van der Waals surface area contributed by atoms with Crippen LogP contribution >= 0.6 is 0 Å². The highest BCUT2D eigenvalue weighted by atomic mass is 16.5.